The number of carbonyl (C=O) groups excluding carboxylic acids is 2. The van der Waals surface area contributed by atoms with Crippen LogP contribution >= 0.6 is 0 Å². The predicted octanol–water partition coefficient (Wildman–Crippen LogP) is 6.79. The zero-order chi connectivity index (χ0) is 31.7. The Kier molecular flexibility index (Phi) is 11.4. The Balaban J connectivity index is 0.000000555. The molecule has 1 saturated heterocycles. The lowest BCUT2D eigenvalue weighted by molar-refractivity contribution is 0.0389. The smallest absolute Gasteiger partial charge is 0.410 e. The molecule has 2 aromatic carbocycles. The zero-order valence-electron chi connectivity index (χ0n) is 26.6. The lowest BCUT2D eigenvalue weighted by Crippen LogP contribution is -2.55. The van der Waals surface area contributed by atoms with Crippen LogP contribution in [0.2, 0.25) is 0 Å². The second-order valence-electron chi connectivity index (χ2n) is 12.9. The first kappa shape index (κ1) is 33.4. The summed E-state index contributed by atoms with van der Waals surface area (Å²) in [6.07, 6.45) is 9.36. The quantitative estimate of drug-likeness (QED) is 0.335. The number of nitrogens with one attached hydrogen (secondary N) is 1. The summed E-state index contributed by atoms with van der Waals surface area (Å²) in [5.41, 5.74) is 6.13. The monoisotopic (exact) mass is 609 g/mol. The fourth-order valence-electron chi connectivity index (χ4n) is 5.84. The van der Waals surface area contributed by atoms with Crippen molar-refractivity contribution in [3.8, 4) is 5.75 Å². The third-order valence-corrected chi connectivity index (χ3v) is 8.12. The number of halogens is 1. The molecular weight excluding hydrogens is 561 g/mol. The van der Waals surface area contributed by atoms with E-state index in [1.54, 1.807) is 23.2 Å². The van der Waals surface area contributed by atoms with E-state index in [9.17, 15) is 14.0 Å². The number of aliphatic imine (C=N–C) groups is 1. The minimum Gasteiger partial charge on any atom is -0.471 e. The Hall–Kier alpha value is -3.50. The molecule has 2 aliphatic heterocycles. The molecule has 10 heteroatoms. The summed E-state index contributed by atoms with van der Waals surface area (Å²) >= 11 is 0. The average Bonchev–Trinajstić information content (AvgIpc) is 3.29. The van der Waals surface area contributed by atoms with E-state index in [4.69, 9.17) is 15.2 Å². The molecule has 1 saturated carbocycles. The van der Waals surface area contributed by atoms with Gasteiger partial charge in [0.05, 0.1) is 5.54 Å². The molecule has 44 heavy (non-hydrogen) atoms. The normalized spacial score (nSPS) is 19.3. The zero-order valence-corrected chi connectivity index (χ0v) is 26.6. The summed E-state index contributed by atoms with van der Waals surface area (Å²) < 4.78 is 25.2. The van der Waals surface area contributed by atoms with Gasteiger partial charge in [-0.3, -0.25) is 15.1 Å². The second kappa shape index (κ2) is 15.0. The van der Waals surface area contributed by atoms with E-state index in [1.165, 1.54) is 44.2 Å². The molecule has 1 atom stereocenters. The van der Waals surface area contributed by atoms with Gasteiger partial charge in [0, 0.05) is 44.0 Å². The van der Waals surface area contributed by atoms with E-state index >= 15 is 0 Å². The van der Waals surface area contributed by atoms with Gasteiger partial charge in [-0.1, -0.05) is 44.4 Å². The number of piperidine rings is 1. The first-order chi connectivity index (χ1) is 21.0. The third kappa shape index (κ3) is 9.50. The van der Waals surface area contributed by atoms with Crippen molar-refractivity contribution < 1.29 is 23.5 Å². The van der Waals surface area contributed by atoms with Crippen molar-refractivity contribution in [3.63, 3.8) is 0 Å². The number of likely N-dealkylation sites (tertiary alicyclic amines) is 1. The van der Waals surface area contributed by atoms with Gasteiger partial charge in [0.15, 0.2) is 6.23 Å². The number of ether oxygens (including phenoxy) is 2. The predicted molar refractivity (Wildman–Crippen MR) is 172 cm³/mol. The maximum atomic E-state index is 13.8. The van der Waals surface area contributed by atoms with E-state index in [0.29, 0.717) is 43.3 Å². The number of carbonyl (C=O) groups is 2. The molecule has 0 bridgehead atoms. The Morgan fingerprint density at radius 2 is 1.82 bits per heavy atom. The minimum atomic E-state index is -0.582. The van der Waals surface area contributed by atoms with Crippen LogP contribution in [-0.4, -0.2) is 59.7 Å². The van der Waals surface area contributed by atoms with E-state index in [-0.39, 0.29) is 11.8 Å². The molecule has 2 aromatic rings. The number of nitrogens with two attached hydrogens (primary N) is 1. The van der Waals surface area contributed by atoms with Crippen LogP contribution in [0.4, 0.5) is 19.7 Å². The standard InChI is InChI=1S/C28H35FN4O4.C6H13N/c1-5-24(31-26(35)37-27(2,3)4)36-23-11-6-8-20(16-23)18-32-14-12-28(13-15-32)19-30-25(34)33(28)22-10-7-9-21(29)17-22;7-6-4-2-1-3-5-6/h6-11,16-17,19,24H,5,12-15,18H2,1-4H3,(H,31,35);6H,1-5,7H2. The highest BCUT2D eigenvalue weighted by Gasteiger charge is 2.45. The molecule has 0 radical (unpaired) electrons. The van der Waals surface area contributed by atoms with Crippen LogP contribution in [0.1, 0.15) is 84.6 Å². The van der Waals surface area contributed by atoms with Gasteiger partial charge in [0.1, 0.15) is 17.2 Å². The Morgan fingerprint density at radius 3 is 2.43 bits per heavy atom. The van der Waals surface area contributed by atoms with Gasteiger partial charge < -0.3 is 15.2 Å². The third-order valence-electron chi connectivity index (χ3n) is 8.12. The van der Waals surface area contributed by atoms with Gasteiger partial charge in [-0.2, -0.15) is 0 Å². The van der Waals surface area contributed by atoms with Gasteiger partial charge in [0.25, 0.3) is 0 Å². The van der Waals surface area contributed by atoms with Crippen LogP contribution in [0.15, 0.2) is 53.5 Å². The minimum absolute atomic E-state index is 0.352. The van der Waals surface area contributed by atoms with Crippen LogP contribution in [0.3, 0.4) is 0 Å². The molecule has 0 aromatic heterocycles. The van der Waals surface area contributed by atoms with Crippen molar-refractivity contribution in [2.75, 3.05) is 18.0 Å². The van der Waals surface area contributed by atoms with E-state index < -0.39 is 23.5 Å². The summed E-state index contributed by atoms with van der Waals surface area (Å²) in [6.45, 7) is 9.61. The average molecular weight is 610 g/mol. The lowest BCUT2D eigenvalue weighted by atomic mass is 9.87. The fourth-order valence-corrected chi connectivity index (χ4v) is 5.84. The van der Waals surface area contributed by atoms with Crippen LogP contribution in [0, 0.1) is 5.82 Å². The number of benzene rings is 2. The number of nitrogens with zero attached hydrogens (tertiary/aromatic N) is 3. The SMILES string of the molecule is CCC(NC(=O)OC(C)(C)C)Oc1cccc(CN2CCC3(C=NC(=O)N3c3cccc(F)c3)CC2)c1.NC1CCCCC1. The molecule has 3 amide bonds. The largest absolute Gasteiger partial charge is 0.471 e. The van der Waals surface area contributed by atoms with Crippen molar-refractivity contribution in [2.45, 2.75) is 109 Å². The van der Waals surface area contributed by atoms with Crippen molar-refractivity contribution in [2.24, 2.45) is 10.7 Å². The van der Waals surface area contributed by atoms with E-state index in [0.717, 1.165) is 18.7 Å². The second-order valence-corrected chi connectivity index (χ2v) is 12.9. The van der Waals surface area contributed by atoms with Crippen molar-refractivity contribution in [1.82, 2.24) is 10.2 Å². The van der Waals surface area contributed by atoms with Gasteiger partial charge in [0.2, 0.25) is 0 Å². The molecule has 240 valence electrons. The summed E-state index contributed by atoms with van der Waals surface area (Å²) in [5.74, 6) is 0.290. The first-order valence-electron chi connectivity index (χ1n) is 15.8. The van der Waals surface area contributed by atoms with Crippen LogP contribution in [-0.2, 0) is 11.3 Å². The van der Waals surface area contributed by atoms with Crippen molar-refractivity contribution in [3.05, 3.63) is 59.9 Å². The number of hydrogen-bond donors (Lipinski definition) is 2. The Bertz CT molecular complexity index is 1280. The maximum absolute atomic E-state index is 13.8. The highest BCUT2D eigenvalue weighted by molar-refractivity contribution is 6.08. The van der Waals surface area contributed by atoms with Crippen LogP contribution < -0.4 is 20.7 Å². The molecule has 1 aliphatic carbocycles. The van der Waals surface area contributed by atoms with Crippen LogP contribution in [0.5, 0.6) is 5.75 Å². The van der Waals surface area contributed by atoms with E-state index in [1.807, 2.05) is 52.0 Å². The molecule has 1 unspecified atom stereocenters. The van der Waals surface area contributed by atoms with Crippen molar-refractivity contribution in [1.29, 1.82) is 0 Å². The molecule has 2 heterocycles. The molecular formula is C34H48FN5O4. The summed E-state index contributed by atoms with van der Waals surface area (Å²) in [4.78, 5) is 32.7. The molecule has 9 nitrogen and oxygen atoms in total. The summed E-state index contributed by atoms with van der Waals surface area (Å²) in [6, 6.07) is 14.1. The number of amides is 3. The Labute approximate surface area is 261 Å². The molecule has 2 fully saturated rings. The number of rotatable bonds is 7. The van der Waals surface area contributed by atoms with Crippen LogP contribution in [0.25, 0.3) is 0 Å². The number of alkyl carbamates (subject to hydrolysis) is 1. The molecule has 1 spiro atoms. The Morgan fingerprint density at radius 1 is 1.11 bits per heavy atom. The van der Waals surface area contributed by atoms with Gasteiger partial charge in [-0.15, -0.1) is 0 Å². The highest BCUT2D eigenvalue weighted by atomic mass is 19.1. The number of anilines is 1. The highest BCUT2D eigenvalue weighted by Crippen LogP contribution is 2.36. The van der Waals surface area contributed by atoms with Gasteiger partial charge >= 0.3 is 12.1 Å². The first-order valence-corrected chi connectivity index (χ1v) is 15.8. The van der Waals surface area contributed by atoms with Crippen molar-refractivity contribution >= 4 is 24.0 Å². The topological polar surface area (TPSA) is 109 Å². The van der Waals surface area contributed by atoms with E-state index in [2.05, 4.69) is 15.2 Å². The number of hydrogen-bond acceptors (Lipinski definition) is 6. The lowest BCUT2D eigenvalue weighted by Gasteiger charge is -2.43. The summed E-state index contributed by atoms with van der Waals surface area (Å²) in [5, 5.41) is 2.76. The summed E-state index contributed by atoms with van der Waals surface area (Å²) in [7, 11) is 0. The van der Waals surface area contributed by atoms with Gasteiger partial charge in [-0.25, -0.2) is 19.0 Å². The fraction of sp³-hybridized carbons (Fsp3) is 0.559. The molecule has 3 aliphatic rings. The number of urea groups is 1. The molecule has 3 N–H and O–H groups in total. The maximum Gasteiger partial charge on any atom is 0.410 e. The van der Waals surface area contributed by atoms with Gasteiger partial charge in [-0.05, 0) is 82.3 Å². The molecule has 5 rings (SSSR count).